The van der Waals surface area contributed by atoms with Gasteiger partial charge < -0.3 is 5.32 Å². The molecule has 1 spiro atoms. The van der Waals surface area contributed by atoms with E-state index in [0.717, 1.165) is 6.54 Å². The maximum Gasteiger partial charge on any atom is 0.00884 e. The number of hydrogen-bond acceptors (Lipinski definition) is 1. The summed E-state index contributed by atoms with van der Waals surface area (Å²) in [5, 5.41) is 3.45. The highest BCUT2D eigenvalue weighted by atomic mass is 14.8. The lowest BCUT2D eigenvalue weighted by atomic mass is 9.49. The maximum atomic E-state index is 3.45. The van der Waals surface area contributed by atoms with Crippen molar-refractivity contribution in [3.63, 3.8) is 0 Å². The third kappa shape index (κ3) is 2.23. The molecule has 2 aliphatic rings. The number of aryl methyl sites for hydroxylation is 2. The molecule has 0 aliphatic heterocycles. The molecule has 104 valence electrons. The fourth-order valence-corrected chi connectivity index (χ4v) is 4.91. The molecule has 0 unspecified atom stereocenters. The Kier molecular flexibility index (Phi) is 3.21. The summed E-state index contributed by atoms with van der Waals surface area (Å²) in [6.07, 6.45) is 8.69. The predicted octanol–water partition coefficient (Wildman–Crippen LogP) is 4.11. The lowest BCUT2D eigenvalue weighted by Crippen LogP contribution is -2.53. The van der Waals surface area contributed by atoms with Crippen LogP contribution in [0.15, 0.2) is 18.2 Å². The molecule has 2 aliphatic carbocycles. The molecule has 1 nitrogen and oxygen atoms in total. The van der Waals surface area contributed by atoms with E-state index in [0.29, 0.717) is 10.8 Å². The predicted molar refractivity (Wildman–Crippen MR) is 81.7 cm³/mol. The number of hydrogen-bond donors (Lipinski definition) is 1. The van der Waals surface area contributed by atoms with E-state index in [4.69, 9.17) is 0 Å². The van der Waals surface area contributed by atoms with Crippen molar-refractivity contribution in [2.75, 3.05) is 13.6 Å². The highest BCUT2D eigenvalue weighted by Gasteiger charge is 2.55. The van der Waals surface area contributed by atoms with Gasteiger partial charge in [0.05, 0.1) is 0 Å². The van der Waals surface area contributed by atoms with E-state index in [-0.39, 0.29) is 0 Å². The number of likely N-dealkylation sites (N-methyl/N-ethyl adjacent to an activating group) is 1. The van der Waals surface area contributed by atoms with Gasteiger partial charge >= 0.3 is 0 Å². The van der Waals surface area contributed by atoms with Crippen molar-refractivity contribution < 1.29 is 0 Å². The van der Waals surface area contributed by atoms with E-state index in [1.165, 1.54) is 49.7 Å². The SMILES string of the molecule is CNCC1(c2cc(C)cc(C)c2)CC2(CCCC2)C1. The Labute approximate surface area is 117 Å². The Bertz CT molecular complexity index is 440. The summed E-state index contributed by atoms with van der Waals surface area (Å²) in [6, 6.07) is 7.14. The first-order valence-electron chi connectivity index (χ1n) is 7.81. The van der Waals surface area contributed by atoms with Crippen LogP contribution in [0, 0.1) is 19.3 Å². The summed E-state index contributed by atoms with van der Waals surface area (Å²) in [7, 11) is 2.10. The summed E-state index contributed by atoms with van der Waals surface area (Å²) in [4.78, 5) is 0. The Morgan fingerprint density at radius 3 is 2.11 bits per heavy atom. The molecule has 0 radical (unpaired) electrons. The molecule has 0 amide bonds. The van der Waals surface area contributed by atoms with Gasteiger partial charge in [-0.3, -0.25) is 0 Å². The number of benzene rings is 1. The molecule has 0 atom stereocenters. The van der Waals surface area contributed by atoms with Gasteiger partial charge in [-0.15, -0.1) is 0 Å². The van der Waals surface area contributed by atoms with Crippen LogP contribution in [0.4, 0.5) is 0 Å². The molecule has 0 saturated heterocycles. The molecule has 2 fully saturated rings. The molecule has 0 heterocycles. The van der Waals surface area contributed by atoms with E-state index in [2.05, 4.69) is 44.4 Å². The first-order valence-corrected chi connectivity index (χ1v) is 7.81. The molecular weight excluding hydrogens is 230 g/mol. The molecule has 0 bridgehead atoms. The van der Waals surface area contributed by atoms with Gasteiger partial charge in [0.25, 0.3) is 0 Å². The second-order valence-electron chi connectivity index (χ2n) is 7.25. The van der Waals surface area contributed by atoms with E-state index < -0.39 is 0 Å². The molecule has 2 saturated carbocycles. The van der Waals surface area contributed by atoms with Gasteiger partial charge in [-0.1, -0.05) is 42.2 Å². The smallest absolute Gasteiger partial charge is 0.00884 e. The fourth-order valence-electron chi connectivity index (χ4n) is 4.91. The minimum atomic E-state index is 0.413. The lowest BCUT2D eigenvalue weighted by Gasteiger charge is -2.56. The summed E-state index contributed by atoms with van der Waals surface area (Å²) in [5.41, 5.74) is 5.53. The summed E-state index contributed by atoms with van der Waals surface area (Å²) >= 11 is 0. The van der Waals surface area contributed by atoms with Crippen molar-refractivity contribution in [2.24, 2.45) is 5.41 Å². The highest BCUT2D eigenvalue weighted by Crippen LogP contribution is 2.62. The molecule has 1 N–H and O–H groups in total. The molecule has 19 heavy (non-hydrogen) atoms. The van der Waals surface area contributed by atoms with E-state index in [1.54, 1.807) is 5.56 Å². The van der Waals surface area contributed by atoms with Gasteiger partial charge in [0.1, 0.15) is 0 Å². The van der Waals surface area contributed by atoms with E-state index >= 15 is 0 Å². The van der Waals surface area contributed by atoms with Crippen LogP contribution in [0.3, 0.4) is 0 Å². The highest BCUT2D eigenvalue weighted by molar-refractivity contribution is 5.38. The summed E-state index contributed by atoms with van der Waals surface area (Å²) < 4.78 is 0. The van der Waals surface area contributed by atoms with Gasteiger partial charge in [0, 0.05) is 12.0 Å². The Hall–Kier alpha value is -0.820. The van der Waals surface area contributed by atoms with Crippen molar-refractivity contribution in [3.8, 4) is 0 Å². The maximum absolute atomic E-state index is 3.45. The number of nitrogens with one attached hydrogen (secondary N) is 1. The standard InChI is InChI=1S/C18H27N/c1-14-8-15(2)10-16(9-14)18(13-19-3)11-17(12-18)6-4-5-7-17/h8-10,19H,4-7,11-13H2,1-3H3. The largest absolute Gasteiger partial charge is 0.319 e. The van der Waals surface area contributed by atoms with Crippen LogP contribution in [-0.4, -0.2) is 13.6 Å². The van der Waals surface area contributed by atoms with Crippen LogP contribution >= 0.6 is 0 Å². The quantitative estimate of drug-likeness (QED) is 0.859. The number of rotatable bonds is 3. The molecule has 1 aromatic rings. The third-order valence-electron chi connectivity index (χ3n) is 5.44. The minimum Gasteiger partial charge on any atom is -0.319 e. The second-order valence-corrected chi connectivity index (χ2v) is 7.25. The van der Waals surface area contributed by atoms with E-state index in [9.17, 15) is 0 Å². The molecule has 1 aromatic carbocycles. The lowest BCUT2D eigenvalue weighted by molar-refractivity contribution is 0.0282. The zero-order chi connectivity index (χ0) is 13.5. The van der Waals surface area contributed by atoms with Gasteiger partial charge in [-0.25, -0.2) is 0 Å². The monoisotopic (exact) mass is 257 g/mol. The van der Waals surface area contributed by atoms with Crippen molar-refractivity contribution in [1.29, 1.82) is 0 Å². The zero-order valence-corrected chi connectivity index (χ0v) is 12.7. The average molecular weight is 257 g/mol. The summed E-state index contributed by atoms with van der Waals surface area (Å²) in [5.74, 6) is 0. The second kappa shape index (κ2) is 4.63. The molecule has 3 rings (SSSR count). The fraction of sp³-hybridized carbons (Fsp3) is 0.667. The van der Waals surface area contributed by atoms with Gasteiger partial charge in [0.15, 0.2) is 0 Å². The Morgan fingerprint density at radius 1 is 1.00 bits per heavy atom. The van der Waals surface area contributed by atoms with Crippen LogP contribution in [-0.2, 0) is 5.41 Å². The minimum absolute atomic E-state index is 0.413. The Morgan fingerprint density at radius 2 is 1.58 bits per heavy atom. The van der Waals surface area contributed by atoms with E-state index in [1.807, 2.05) is 0 Å². The average Bonchev–Trinajstić information content (AvgIpc) is 2.76. The third-order valence-corrected chi connectivity index (χ3v) is 5.44. The van der Waals surface area contributed by atoms with Crippen molar-refractivity contribution in [2.45, 2.75) is 57.8 Å². The van der Waals surface area contributed by atoms with Gasteiger partial charge in [-0.2, -0.15) is 0 Å². The topological polar surface area (TPSA) is 12.0 Å². The van der Waals surface area contributed by atoms with Crippen LogP contribution in [0.2, 0.25) is 0 Å². The van der Waals surface area contributed by atoms with Crippen molar-refractivity contribution >= 4 is 0 Å². The normalized spacial score (nSPS) is 23.5. The van der Waals surface area contributed by atoms with Gasteiger partial charge in [-0.05, 0) is 57.6 Å². The van der Waals surface area contributed by atoms with Crippen LogP contribution < -0.4 is 5.32 Å². The summed E-state index contributed by atoms with van der Waals surface area (Å²) in [6.45, 7) is 5.60. The molecule has 1 heteroatoms. The molecule has 0 aromatic heterocycles. The first-order chi connectivity index (χ1) is 9.07. The Balaban J connectivity index is 1.89. The van der Waals surface area contributed by atoms with Crippen LogP contribution in [0.1, 0.15) is 55.2 Å². The van der Waals surface area contributed by atoms with Gasteiger partial charge in [0.2, 0.25) is 0 Å². The zero-order valence-electron chi connectivity index (χ0n) is 12.7. The van der Waals surface area contributed by atoms with Crippen LogP contribution in [0.5, 0.6) is 0 Å². The van der Waals surface area contributed by atoms with Crippen molar-refractivity contribution in [3.05, 3.63) is 34.9 Å². The first kappa shape index (κ1) is 13.2. The molecular formula is C18H27N. The van der Waals surface area contributed by atoms with Crippen molar-refractivity contribution in [1.82, 2.24) is 5.32 Å². The van der Waals surface area contributed by atoms with Crippen LogP contribution in [0.25, 0.3) is 0 Å².